The van der Waals surface area contributed by atoms with Crippen molar-refractivity contribution >= 4 is 5.91 Å². The molecule has 0 spiro atoms. The third-order valence-corrected chi connectivity index (χ3v) is 5.87. The van der Waals surface area contributed by atoms with Gasteiger partial charge in [-0.25, -0.2) is 0 Å². The van der Waals surface area contributed by atoms with Crippen LogP contribution in [0, 0.1) is 17.3 Å². The van der Waals surface area contributed by atoms with E-state index in [4.69, 9.17) is 5.73 Å². The zero-order valence-corrected chi connectivity index (χ0v) is 14.2. The van der Waals surface area contributed by atoms with Gasteiger partial charge in [0.25, 0.3) is 0 Å². The number of nitrogens with one attached hydrogen (secondary N) is 1. The summed E-state index contributed by atoms with van der Waals surface area (Å²) in [5.41, 5.74) is 8.77. The molecule has 3 nitrogen and oxygen atoms in total. The van der Waals surface area contributed by atoms with Gasteiger partial charge >= 0.3 is 0 Å². The van der Waals surface area contributed by atoms with E-state index < -0.39 is 0 Å². The number of carbonyl (C=O) groups excluding carboxylic acids is 1. The van der Waals surface area contributed by atoms with Crippen molar-refractivity contribution in [3.63, 3.8) is 0 Å². The SMILES string of the molecule is CCC1=C[C@@H]2[C@H](C1)C[C@]2(CN)CC(=O)N[C@H](C)c1ccccc1. The molecule has 0 heterocycles. The highest BCUT2D eigenvalue weighted by molar-refractivity contribution is 5.77. The van der Waals surface area contributed by atoms with Gasteiger partial charge in [-0.3, -0.25) is 4.79 Å². The molecule has 1 fully saturated rings. The largest absolute Gasteiger partial charge is 0.350 e. The third-order valence-electron chi connectivity index (χ3n) is 5.87. The molecule has 23 heavy (non-hydrogen) atoms. The van der Waals surface area contributed by atoms with E-state index in [1.807, 2.05) is 25.1 Å². The van der Waals surface area contributed by atoms with Crippen LogP contribution in [0.2, 0.25) is 0 Å². The Morgan fingerprint density at radius 1 is 1.39 bits per heavy atom. The lowest BCUT2D eigenvalue weighted by Crippen LogP contribution is -2.52. The molecule has 3 N–H and O–H groups in total. The van der Waals surface area contributed by atoms with Crippen LogP contribution in [-0.4, -0.2) is 12.5 Å². The molecule has 0 radical (unpaired) electrons. The summed E-state index contributed by atoms with van der Waals surface area (Å²) in [6, 6.07) is 10.1. The second-order valence-corrected chi connectivity index (χ2v) is 7.32. The maximum Gasteiger partial charge on any atom is 0.221 e. The quantitative estimate of drug-likeness (QED) is 0.789. The van der Waals surface area contributed by atoms with E-state index in [-0.39, 0.29) is 17.4 Å². The summed E-state index contributed by atoms with van der Waals surface area (Å²) in [7, 11) is 0. The minimum atomic E-state index is -0.0118. The summed E-state index contributed by atoms with van der Waals surface area (Å²) in [6.45, 7) is 4.86. The smallest absolute Gasteiger partial charge is 0.221 e. The second-order valence-electron chi connectivity index (χ2n) is 7.32. The molecule has 2 aliphatic carbocycles. The summed E-state index contributed by atoms with van der Waals surface area (Å²) >= 11 is 0. The van der Waals surface area contributed by atoms with E-state index in [2.05, 4.69) is 30.4 Å². The van der Waals surface area contributed by atoms with Gasteiger partial charge in [-0.2, -0.15) is 0 Å². The number of hydrogen-bond acceptors (Lipinski definition) is 2. The first-order valence-corrected chi connectivity index (χ1v) is 8.82. The monoisotopic (exact) mass is 312 g/mol. The zero-order valence-electron chi connectivity index (χ0n) is 14.2. The average Bonchev–Trinajstić information content (AvgIpc) is 2.91. The molecule has 1 aromatic carbocycles. The molecule has 0 aliphatic heterocycles. The Balaban J connectivity index is 1.62. The van der Waals surface area contributed by atoms with Crippen molar-refractivity contribution in [3.05, 3.63) is 47.5 Å². The van der Waals surface area contributed by atoms with E-state index in [0.29, 0.717) is 18.9 Å². The normalized spacial score (nSPS) is 30.1. The number of fused-ring (bicyclic) bond motifs is 1. The van der Waals surface area contributed by atoms with Gasteiger partial charge in [0.1, 0.15) is 0 Å². The summed E-state index contributed by atoms with van der Waals surface area (Å²) < 4.78 is 0. The number of rotatable bonds is 6. The average molecular weight is 312 g/mol. The first-order chi connectivity index (χ1) is 11.1. The molecule has 124 valence electrons. The lowest BCUT2D eigenvalue weighted by molar-refractivity contribution is -0.128. The molecule has 1 aromatic rings. The highest BCUT2D eigenvalue weighted by atomic mass is 16.1. The molecule has 4 atom stereocenters. The maximum atomic E-state index is 12.5. The molecule has 1 amide bonds. The number of hydrogen-bond donors (Lipinski definition) is 2. The molecule has 0 saturated heterocycles. The van der Waals surface area contributed by atoms with Crippen LogP contribution < -0.4 is 11.1 Å². The highest BCUT2D eigenvalue weighted by Gasteiger charge is 2.54. The number of carbonyl (C=O) groups is 1. The molecule has 1 saturated carbocycles. The summed E-state index contributed by atoms with van der Waals surface area (Å²) in [5.74, 6) is 1.37. The van der Waals surface area contributed by atoms with Crippen molar-refractivity contribution in [1.82, 2.24) is 5.32 Å². The van der Waals surface area contributed by atoms with Gasteiger partial charge in [-0.05, 0) is 55.5 Å². The van der Waals surface area contributed by atoms with Crippen molar-refractivity contribution in [1.29, 1.82) is 0 Å². The van der Waals surface area contributed by atoms with E-state index in [9.17, 15) is 4.79 Å². The summed E-state index contributed by atoms with van der Waals surface area (Å²) in [5, 5.41) is 3.14. The van der Waals surface area contributed by atoms with Crippen LogP contribution in [0.15, 0.2) is 42.0 Å². The fourth-order valence-electron chi connectivity index (χ4n) is 4.48. The number of nitrogens with two attached hydrogens (primary N) is 1. The van der Waals surface area contributed by atoms with E-state index >= 15 is 0 Å². The summed E-state index contributed by atoms with van der Waals surface area (Å²) in [6.07, 6.45) is 6.40. The summed E-state index contributed by atoms with van der Waals surface area (Å²) in [4.78, 5) is 12.5. The van der Waals surface area contributed by atoms with Crippen LogP contribution >= 0.6 is 0 Å². The topological polar surface area (TPSA) is 55.1 Å². The van der Waals surface area contributed by atoms with Crippen LogP contribution in [0.25, 0.3) is 0 Å². The zero-order chi connectivity index (χ0) is 16.4. The Kier molecular flexibility index (Phi) is 4.58. The highest BCUT2D eigenvalue weighted by Crippen LogP contribution is 2.59. The Labute approximate surface area is 139 Å². The van der Waals surface area contributed by atoms with Crippen molar-refractivity contribution in [2.45, 2.75) is 45.6 Å². The van der Waals surface area contributed by atoms with Gasteiger partial charge in [0, 0.05) is 6.42 Å². The first kappa shape index (κ1) is 16.3. The molecular formula is C20H28N2O. The van der Waals surface area contributed by atoms with Gasteiger partial charge in [0.15, 0.2) is 0 Å². The Bertz CT molecular complexity index is 595. The van der Waals surface area contributed by atoms with E-state index in [1.54, 1.807) is 5.57 Å². The molecule has 3 heteroatoms. The van der Waals surface area contributed by atoms with Crippen LogP contribution in [0.4, 0.5) is 0 Å². The van der Waals surface area contributed by atoms with Gasteiger partial charge in [-0.15, -0.1) is 0 Å². The molecular weight excluding hydrogens is 284 g/mol. The molecule has 0 unspecified atom stereocenters. The second kappa shape index (κ2) is 6.48. The van der Waals surface area contributed by atoms with Gasteiger partial charge < -0.3 is 11.1 Å². The fraction of sp³-hybridized carbons (Fsp3) is 0.550. The van der Waals surface area contributed by atoms with Crippen molar-refractivity contribution < 1.29 is 4.79 Å². The van der Waals surface area contributed by atoms with Crippen LogP contribution in [0.3, 0.4) is 0 Å². The lowest BCUT2D eigenvalue weighted by Gasteiger charge is -2.51. The minimum Gasteiger partial charge on any atom is -0.350 e. The molecule has 0 aromatic heterocycles. The van der Waals surface area contributed by atoms with E-state index in [0.717, 1.165) is 24.3 Å². The predicted molar refractivity (Wildman–Crippen MR) is 93.7 cm³/mol. The Morgan fingerprint density at radius 3 is 2.78 bits per heavy atom. The number of allylic oxidation sites excluding steroid dienone is 2. The standard InChI is InChI=1S/C20H28N2O/c1-3-15-9-17-11-20(13-21,18(17)10-15)12-19(23)22-14(2)16-7-5-4-6-8-16/h4-8,10,14,17-18H,3,9,11-13,21H2,1-2H3,(H,22,23)/t14-,17-,18-,20-/m1/s1. The van der Waals surface area contributed by atoms with Crippen molar-refractivity contribution in [2.24, 2.45) is 23.0 Å². The van der Waals surface area contributed by atoms with Gasteiger partial charge in [0.2, 0.25) is 5.91 Å². The first-order valence-electron chi connectivity index (χ1n) is 8.82. The van der Waals surface area contributed by atoms with Crippen molar-refractivity contribution in [2.75, 3.05) is 6.54 Å². The third kappa shape index (κ3) is 3.07. The van der Waals surface area contributed by atoms with Gasteiger partial charge in [-0.1, -0.05) is 48.9 Å². The minimum absolute atomic E-state index is 0.0118. The fourth-order valence-corrected chi connectivity index (χ4v) is 4.48. The van der Waals surface area contributed by atoms with Crippen LogP contribution in [-0.2, 0) is 4.79 Å². The lowest BCUT2D eigenvalue weighted by atomic mass is 9.53. The molecule has 2 aliphatic rings. The van der Waals surface area contributed by atoms with Crippen LogP contribution in [0.1, 0.15) is 51.1 Å². The number of amides is 1. The van der Waals surface area contributed by atoms with E-state index in [1.165, 1.54) is 6.42 Å². The maximum absolute atomic E-state index is 12.5. The van der Waals surface area contributed by atoms with Gasteiger partial charge in [0.05, 0.1) is 6.04 Å². The predicted octanol–water partition coefficient (Wildman–Crippen LogP) is 3.58. The Morgan fingerprint density at radius 2 is 2.13 bits per heavy atom. The Hall–Kier alpha value is -1.61. The molecule has 0 bridgehead atoms. The number of benzene rings is 1. The van der Waals surface area contributed by atoms with Crippen LogP contribution in [0.5, 0.6) is 0 Å². The molecule has 3 rings (SSSR count). The van der Waals surface area contributed by atoms with Crippen molar-refractivity contribution in [3.8, 4) is 0 Å².